The van der Waals surface area contributed by atoms with Crippen molar-refractivity contribution in [3.8, 4) is 0 Å². The van der Waals surface area contributed by atoms with Gasteiger partial charge in [0.2, 0.25) is 0 Å². The zero-order valence-corrected chi connectivity index (χ0v) is 9.30. The van der Waals surface area contributed by atoms with E-state index in [-0.39, 0.29) is 6.61 Å². The van der Waals surface area contributed by atoms with Crippen molar-refractivity contribution in [3.05, 3.63) is 35.9 Å². The highest BCUT2D eigenvalue weighted by Gasteiger charge is 2.50. The fourth-order valence-electron chi connectivity index (χ4n) is 1.58. The number of benzene rings is 1. The van der Waals surface area contributed by atoms with Gasteiger partial charge < -0.3 is 14.6 Å². The van der Waals surface area contributed by atoms with Crippen molar-refractivity contribution in [2.75, 3.05) is 6.61 Å². The lowest BCUT2D eigenvalue weighted by Crippen LogP contribution is -2.42. The minimum absolute atomic E-state index is 0.146. The van der Waals surface area contributed by atoms with Crippen LogP contribution in [-0.2, 0) is 9.47 Å². The Morgan fingerprint density at radius 2 is 2.18 bits per heavy atom. The number of halogens is 1. The van der Waals surface area contributed by atoms with Gasteiger partial charge in [0.05, 0.1) is 12.2 Å². The first kappa shape index (κ1) is 12.0. The fourth-order valence-corrected chi connectivity index (χ4v) is 1.58. The molecular weight excluding hydrogens is 227 g/mol. The molecule has 0 radical (unpaired) electrons. The maximum atomic E-state index is 13.9. The van der Waals surface area contributed by atoms with Gasteiger partial charge in [0.1, 0.15) is 0 Å². The van der Waals surface area contributed by atoms with E-state index in [4.69, 9.17) is 9.47 Å². The summed E-state index contributed by atoms with van der Waals surface area (Å²) >= 11 is 0. The summed E-state index contributed by atoms with van der Waals surface area (Å²) in [5, 5.41) is 9.22. The summed E-state index contributed by atoms with van der Waals surface area (Å²) in [6, 6.07) is 8.28. The maximum Gasteiger partial charge on any atom is 0.338 e. The minimum Gasteiger partial charge on any atom is -0.453 e. The van der Waals surface area contributed by atoms with Gasteiger partial charge in [-0.25, -0.2) is 9.18 Å². The molecule has 0 aromatic heterocycles. The van der Waals surface area contributed by atoms with Gasteiger partial charge >= 0.3 is 5.97 Å². The molecule has 17 heavy (non-hydrogen) atoms. The van der Waals surface area contributed by atoms with Gasteiger partial charge in [-0.05, 0) is 19.1 Å². The molecule has 0 saturated carbocycles. The molecule has 3 atom stereocenters. The summed E-state index contributed by atoms with van der Waals surface area (Å²) < 4.78 is 23.6. The molecule has 3 unspecified atom stereocenters. The number of carbonyl (C=O) groups is 1. The summed E-state index contributed by atoms with van der Waals surface area (Å²) in [7, 11) is 0. The summed E-state index contributed by atoms with van der Waals surface area (Å²) in [5.74, 6) is -0.628. The molecule has 2 rings (SSSR count). The highest BCUT2D eigenvalue weighted by atomic mass is 19.1. The van der Waals surface area contributed by atoms with Crippen LogP contribution >= 0.6 is 0 Å². The topological polar surface area (TPSA) is 55.8 Å². The third-order valence-corrected chi connectivity index (χ3v) is 2.78. The Hall–Kier alpha value is -1.46. The summed E-state index contributed by atoms with van der Waals surface area (Å²) in [6.45, 7) is 1.00. The average molecular weight is 240 g/mol. The number of rotatable bonds is 2. The molecule has 1 aromatic rings. The smallest absolute Gasteiger partial charge is 0.338 e. The standard InChI is InChI=1S/C12H13FO4/c1-12(13)9(7-16-11(12)15)17-10(14)8-5-3-2-4-6-8/h2-6,9,11,15H,7H2,1H3. The summed E-state index contributed by atoms with van der Waals surface area (Å²) in [5.41, 5.74) is -1.74. The second-order valence-electron chi connectivity index (χ2n) is 4.10. The number of aliphatic hydroxyl groups excluding tert-OH is 1. The average Bonchev–Trinajstić information content (AvgIpc) is 2.57. The van der Waals surface area contributed by atoms with Crippen LogP contribution in [0.1, 0.15) is 17.3 Å². The maximum absolute atomic E-state index is 13.9. The van der Waals surface area contributed by atoms with E-state index in [9.17, 15) is 14.3 Å². The Balaban J connectivity index is 2.06. The van der Waals surface area contributed by atoms with Crippen LogP contribution in [0.3, 0.4) is 0 Å². The third-order valence-electron chi connectivity index (χ3n) is 2.78. The molecule has 1 heterocycles. The van der Waals surface area contributed by atoms with Crippen molar-refractivity contribution in [3.63, 3.8) is 0 Å². The molecule has 1 saturated heterocycles. The first-order chi connectivity index (χ1) is 8.01. The van der Waals surface area contributed by atoms with Crippen molar-refractivity contribution in [1.29, 1.82) is 0 Å². The Labute approximate surface area is 98.0 Å². The minimum atomic E-state index is -2.08. The first-order valence-electron chi connectivity index (χ1n) is 5.26. The second-order valence-corrected chi connectivity index (χ2v) is 4.10. The lowest BCUT2D eigenvalue weighted by atomic mass is 10.0. The van der Waals surface area contributed by atoms with Gasteiger partial charge in [-0.1, -0.05) is 18.2 Å². The summed E-state index contributed by atoms with van der Waals surface area (Å²) in [4.78, 5) is 11.7. The molecule has 0 bridgehead atoms. The van der Waals surface area contributed by atoms with Crippen molar-refractivity contribution < 1.29 is 23.8 Å². The Kier molecular flexibility index (Phi) is 3.13. The van der Waals surface area contributed by atoms with Gasteiger partial charge in [0, 0.05) is 0 Å². The normalized spacial score (nSPS) is 32.4. The molecule has 1 N–H and O–H groups in total. The predicted molar refractivity (Wildman–Crippen MR) is 57.1 cm³/mol. The lowest BCUT2D eigenvalue weighted by Gasteiger charge is -2.22. The fraction of sp³-hybridized carbons (Fsp3) is 0.417. The van der Waals surface area contributed by atoms with E-state index < -0.39 is 24.0 Å². The Morgan fingerprint density at radius 3 is 2.71 bits per heavy atom. The zero-order chi connectivity index (χ0) is 12.5. The molecule has 1 fully saturated rings. The first-order valence-corrected chi connectivity index (χ1v) is 5.26. The molecule has 1 aliphatic rings. The van der Waals surface area contributed by atoms with Crippen molar-refractivity contribution in [2.45, 2.75) is 25.0 Å². The van der Waals surface area contributed by atoms with Crippen LogP contribution in [-0.4, -0.2) is 35.7 Å². The van der Waals surface area contributed by atoms with Crippen LogP contribution in [0.2, 0.25) is 0 Å². The molecule has 5 heteroatoms. The van der Waals surface area contributed by atoms with Crippen LogP contribution in [0.15, 0.2) is 30.3 Å². The number of hydrogen-bond acceptors (Lipinski definition) is 4. The van der Waals surface area contributed by atoms with E-state index in [2.05, 4.69) is 0 Å². The van der Waals surface area contributed by atoms with Crippen LogP contribution in [0.25, 0.3) is 0 Å². The highest BCUT2D eigenvalue weighted by Crippen LogP contribution is 2.31. The molecule has 1 aliphatic heterocycles. The quantitative estimate of drug-likeness (QED) is 0.791. The van der Waals surface area contributed by atoms with Gasteiger partial charge in [-0.15, -0.1) is 0 Å². The van der Waals surface area contributed by atoms with Crippen LogP contribution in [0, 0.1) is 0 Å². The molecule has 4 nitrogen and oxygen atoms in total. The molecule has 0 aliphatic carbocycles. The molecule has 1 aromatic carbocycles. The number of hydrogen-bond donors (Lipinski definition) is 1. The lowest BCUT2D eigenvalue weighted by molar-refractivity contribution is -0.128. The summed E-state index contributed by atoms with van der Waals surface area (Å²) in [6.07, 6.45) is -2.65. The van der Waals surface area contributed by atoms with E-state index >= 15 is 0 Å². The monoisotopic (exact) mass is 240 g/mol. The van der Waals surface area contributed by atoms with Crippen molar-refractivity contribution >= 4 is 5.97 Å². The zero-order valence-electron chi connectivity index (χ0n) is 9.30. The molecular formula is C12H13FO4. The van der Waals surface area contributed by atoms with E-state index in [1.165, 1.54) is 0 Å². The van der Waals surface area contributed by atoms with Crippen molar-refractivity contribution in [2.24, 2.45) is 0 Å². The number of alkyl halides is 1. The van der Waals surface area contributed by atoms with Gasteiger partial charge in [0.15, 0.2) is 18.1 Å². The Morgan fingerprint density at radius 1 is 1.53 bits per heavy atom. The van der Waals surface area contributed by atoms with E-state index in [1.54, 1.807) is 30.3 Å². The largest absolute Gasteiger partial charge is 0.453 e. The van der Waals surface area contributed by atoms with E-state index in [0.717, 1.165) is 6.92 Å². The molecule has 92 valence electrons. The van der Waals surface area contributed by atoms with E-state index in [0.29, 0.717) is 5.56 Å². The molecule has 0 amide bonds. The van der Waals surface area contributed by atoms with Crippen molar-refractivity contribution in [1.82, 2.24) is 0 Å². The van der Waals surface area contributed by atoms with Gasteiger partial charge in [0.25, 0.3) is 0 Å². The van der Waals surface area contributed by atoms with Crippen LogP contribution < -0.4 is 0 Å². The van der Waals surface area contributed by atoms with Gasteiger partial charge in [-0.2, -0.15) is 0 Å². The Bertz CT molecular complexity index is 404. The van der Waals surface area contributed by atoms with Crippen LogP contribution in [0.4, 0.5) is 4.39 Å². The van der Waals surface area contributed by atoms with Gasteiger partial charge in [-0.3, -0.25) is 0 Å². The van der Waals surface area contributed by atoms with E-state index in [1.807, 2.05) is 0 Å². The third kappa shape index (κ3) is 2.30. The number of ether oxygens (including phenoxy) is 2. The second kappa shape index (κ2) is 4.43. The SMILES string of the molecule is CC1(F)C(O)OCC1OC(=O)c1ccccc1. The number of esters is 1. The van der Waals surface area contributed by atoms with Crippen LogP contribution in [0.5, 0.6) is 0 Å². The molecule has 0 spiro atoms. The number of aliphatic hydroxyl groups is 1. The number of carbonyl (C=O) groups excluding carboxylic acids is 1. The predicted octanol–water partition coefficient (Wildman–Crippen LogP) is 1.29. The highest BCUT2D eigenvalue weighted by molar-refractivity contribution is 5.89.